The van der Waals surface area contributed by atoms with E-state index in [4.69, 9.17) is 4.98 Å². The summed E-state index contributed by atoms with van der Waals surface area (Å²) in [5, 5.41) is 8.21. The molecule has 3 heterocycles. The first-order chi connectivity index (χ1) is 13.4. The molecule has 7 heteroatoms. The van der Waals surface area contributed by atoms with Crippen LogP contribution in [0.4, 0.5) is 5.69 Å². The van der Waals surface area contributed by atoms with Gasteiger partial charge in [-0.2, -0.15) is 5.10 Å². The molecule has 0 saturated carbocycles. The third-order valence-corrected chi connectivity index (χ3v) is 4.83. The number of benzene rings is 1. The summed E-state index contributed by atoms with van der Waals surface area (Å²) in [6.45, 7) is 5.65. The number of nitrogens with one attached hydrogen (secondary N) is 1. The van der Waals surface area contributed by atoms with Crippen LogP contribution in [0.25, 0.3) is 22.4 Å². The monoisotopic (exact) mass is 374 g/mol. The Morgan fingerprint density at radius 3 is 2.75 bits per heavy atom. The van der Waals surface area contributed by atoms with Gasteiger partial charge in [-0.05, 0) is 38.1 Å². The maximum atomic E-state index is 11.3. The van der Waals surface area contributed by atoms with Crippen LogP contribution in [-0.4, -0.2) is 30.2 Å². The number of nitrogens with zero attached hydrogens (tertiary/aromatic N) is 5. The van der Waals surface area contributed by atoms with Crippen LogP contribution in [0.1, 0.15) is 31.1 Å². The van der Waals surface area contributed by atoms with Crippen molar-refractivity contribution in [2.45, 2.75) is 26.8 Å². The first-order valence-corrected chi connectivity index (χ1v) is 9.14. The molecule has 1 atom stereocenters. The molecule has 28 heavy (non-hydrogen) atoms. The predicted octanol–water partition coefficient (Wildman–Crippen LogP) is 3.71. The minimum Gasteiger partial charge on any atom is -0.326 e. The van der Waals surface area contributed by atoms with Crippen LogP contribution in [0.15, 0.2) is 48.9 Å². The van der Waals surface area contributed by atoms with E-state index in [-0.39, 0.29) is 11.9 Å². The van der Waals surface area contributed by atoms with Crippen LogP contribution in [0.2, 0.25) is 0 Å². The van der Waals surface area contributed by atoms with Crippen LogP contribution in [-0.2, 0) is 11.8 Å². The highest BCUT2D eigenvalue weighted by atomic mass is 16.1. The fourth-order valence-corrected chi connectivity index (χ4v) is 3.53. The average molecular weight is 374 g/mol. The third-order valence-electron chi connectivity index (χ3n) is 4.83. The summed E-state index contributed by atoms with van der Waals surface area (Å²) in [6, 6.07) is 9.73. The molecule has 1 aromatic carbocycles. The lowest BCUT2D eigenvalue weighted by molar-refractivity contribution is -0.114. The van der Waals surface area contributed by atoms with Crippen molar-refractivity contribution in [3.05, 3.63) is 60.2 Å². The quantitative estimate of drug-likeness (QED) is 0.591. The number of amides is 1. The molecule has 4 rings (SSSR count). The molecule has 0 aliphatic rings. The van der Waals surface area contributed by atoms with E-state index in [2.05, 4.69) is 26.9 Å². The molecule has 0 fully saturated rings. The Labute approximate surface area is 163 Å². The molecule has 0 saturated heterocycles. The van der Waals surface area contributed by atoms with Gasteiger partial charge in [0.2, 0.25) is 5.91 Å². The number of hydrogen-bond donors (Lipinski definition) is 1. The van der Waals surface area contributed by atoms with Gasteiger partial charge in [-0.1, -0.05) is 6.07 Å². The van der Waals surface area contributed by atoms with Crippen molar-refractivity contribution in [3.63, 3.8) is 0 Å². The second-order valence-corrected chi connectivity index (χ2v) is 6.96. The summed E-state index contributed by atoms with van der Waals surface area (Å²) in [5.74, 6) is 0.717. The van der Waals surface area contributed by atoms with Crippen molar-refractivity contribution in [1.29, 1.82) is 0 Å². The lowest BCUT2D eigenvalue weighted by Gasteiger charge is -2.16. The second-order valence-electron chi connectivity index (χ2n) is 6.96. The molecule has 3 aromatic heterocycles. The number of aromatic nitrogens is 5. The fourth-order valence-electron chi connectivity index (χ4n) is 3.53. The predicted molar refractivity (Wildman–Crippen MR) is 109 cm³/mol. The van der Waals surface area contributed by atoms with Gasteiger partial charge in [-0.15, -0.1) is 0 Å². The lowest BCUT2D eigenvalue weighted by Crippen LogP contribution is -2.09. The van der Waals surface area contributed by atoms with E-state index in [1.807, 2.05) is 61.4 Å². The number of pyridine rings is 1. The largest absolute Gasteiger partial charge is 0.326 e. The zero-order valence-electron chi connectivity index (χ0n) is 16.3. The van der Waals surface area contributed by atoms with Crippen molar-refractivity contribution in [2.75, 3.05) is 5.32 Å². The Morgan fingerprint density at radius 1 is 1.21 bits per heavy atom. The first kappa shape index (κ1) is 17.9. The highest BCUT2D eigenvalue weighted by Crippen LogP contribution is 2.27. The first-order valence-electron chi connectivity index (χ1n) is 9.14. The van der Waals surface area contributed by atoms with Gasteiger partial charge in [0, 0.05) is 49.2 Å². The van der Waals surface area contributed by atoms with Crippen molar-refractivity contribution in [3.8, 4) is 11.5 Å². The number of aryl methyl sites for hydroxylation is 2. The van der Waals surface area contributed by atoms with Crippen molar-refractivity contribution < 1.29 is 4.79 Å². The van der Waals surface area contributed by atoms with Crippen molar-refractivity contribution in [1.82, 2.24) is 24.3 Å². The number of anilines is 1. The number of fused-ring (bicyclic) bond motifs is 1. The maximum Gasteiger partial charge on any atom is 0.221 e. The lowest BCUT2D eigenvalue weighted by atomic mass is 10.1. The molecule has 1 N–H and O–H groups in total. The van der Waals surface area contributed by atoms with E-state index in [1.54, 1.807) is 6.20 Å². The van der Waals surface area contributed by atoms with Crippen molar-refractivity contribution in [2.24, 2.45) is 7.05 Å². The molecule has 4 aromatic rings. The molecule has 142 valence electrons. The van der Waals surface area contributed by atoms with E-state index in [0.717, 1.165) is 39.4 Å². The summed E-state index contributed by atoms with van der Waals surface area (Å²) in [6.07, 6.45) is 5.81. The third kappa shape index (κ3) is 3.26. The normalized spacial score (nSPS) is 12.3. The number of carbonyl (C=O) groups excluding carboxylic acids is 1. The molecule has 0 aliphatic carbocycles. The summed E-state index contributed by atoms with van der Waals surface area (Å²) < 4.78 is 3.95. The molecule has 0 aliphatic heterocycles. The smallest absolute Gasteiger partial charge is 0.221 e. The standard InChI is InChI=1S/C21H22N6O/c1-13-18(12-26(4)25-13)14(2)27-10-9-22-21(27)20-7-5-16-11-17(23-15(3)28)6-8-19(16)24-20/h5-12,14H,1-4H3,(H,23,28)/t14-/m0/s1. The number of hydrogen-bond acceptors (Lipinski definition) is 4. The van der Waals surface area contributed by atoms with Crippen molar-refractivity contribution >= 4 is 22.5 Å². The Morgan fingerprint density at radius 2 is 2.04 bits per heavy atom. The summed E-state index contributed by atoms with van der Waals surface area (Å²) in [7, 11) is 1.93. The minimum atomic E-state index is -0.0920. The van der Waals surface area contributed by atoms with Gasteiger partial charge in [0.05, 0.1) is 17.3 Å². The molecular formula is C21H22N6O. The molecule has 0 spiro atoms. The highest BCUT2D eigenvalue weighted by molar-refractivity contribution is 5.92. The SMILES string of the molecule is CC(=O)Nc1ccc2nc(-c3nccn3[C@@H](C)c3cn(C)nc3C)ccc2c1. The maximum absolute atomic E-state index is 11.3. The van der Waals surface area contributed by atoms with E-state index < -0.39 is 0 Å². The van der Waals surface area contributed by atoms with Crippen LogP contribution >= 0.6 is 0 Å². The van der Waals surface area contributed by atoms with Crippen LogP contribution in [0.5, 0.6) is 0 Å². The number of carbonyl (C=O) groups is 1. The minimum absolute atomic E-state index is 0.0887. The van der Waals surface area contributed by atoms with Crippen LogP contribution in [0.3, 0.4) is 0 Å². The van der Waals surface area contributed by atoms with E-state index >= 15 is 0 Å². The van der Waals surface area contributed by atoms with Crippen LogP contribution in [0, 0.1) is 6.92 Å². The van der Waals surface area contributed by atoms with Crippen LogP contribution < -0.4 is 5.32 Å². The van der Waals surface area contributed by atoms with E-state index in [0.29, 0.717) is 0 Å². The van der Waals surface area contributed by atoms with Gasteiger partial charge >= 0.3 is 0 Å². The topological polar surface area (TPSA) is 77.6 Å². The highest BCUT2D eigenvalue weighted by Gasteiger charge is 2.18. The molecule has 0 bridgehead atoms. The number of rotatable bonds is 4. The Bertz CT molecular complexity index is 1170. The molecule has 7 nitrogen and oxygen atoms in total. The second kappa shape index (κ2) is 6.92. The summed E-state index contributed by atoms with van der Waals surface area (Å²) >= 11 is 0. The zero-order valence-corrected chi connectivity index (χ0v) is 16.3. The average Bonchev–Trinajstić information content (AvgIpc) is 3.26. The van der Waals surface area contributed by atoms with E-state index in [1.165, 1.54) is 6.92 Å². The summed E-state index contributed by atoms with van der Waals surface area (Å²) in [4.78, 5) is 20.6. The van der Waals surface area contributed by atoms with Gasteiger partial charge in [-0.3, -0.25) is 9.48 Å². The summed E-state index contributed by atoms with van der Waals surface area (Å²) in [5.41, 5.74) is 4.58. The number of imidazole rings is 1. The molecule has 1 amide bonds. The van der Waals surface area contributed by atoms with Gasteiger partial charge in [-0.25, -0.2) is 9.97 Å². The molecule has 0 radical (unpaired) electrons. The van der Waals surface area contributed by atoms with Gasteiger partial charge in [0.15, 0.2) is 5.82 Å². The van der Waals surface area contributed by atoms with Gasteiger partial charge in [0.25, 0.3) is 0 Å². The van der Waals surface area contributed by atoms with Gasteiger partial charge in [0.1, 0.15) is 5.69 Å². The Balaban J connectivity index is 1.72. The fraction of sp³-hybridized carbons (Fsp3) is 0.238. The van der Waals surface area contributed by atoms with Gasteiger partial charge < -0.3 is 9.88 Å². The molecule has 0 unspecified atom stereocenters. The Kier molecular flexibility index (Phi) is 4.43. The molecular weight excluding hydrogens is 352 g/mol. The zero-order chi connectivity index (χ0) is 19.8. The van der Waals surface area contributed by atoms with E-state index in [9.17, 15) is 4.79 Å². The Hall–Kier alpha value is -3.48.